The van der Waals surface area contributed by atoms with Crippen molar-refractivity contribution < 1.29 is 18.0 Å². The minimum atomic E-state index is -4.53. The van der Waals surface area contributed by atoms with Gasteiger partial charge in [0, 0.05) is 78.6 Å². The lowest BCUT2D eigenvalue weighted by atomic mass is 9.85. The van der Waals surface area contributed by atoms with Gasteiger partial charge in [0.2, 0.25) is 0 Å². The number of aromatic amines is 1. The van der Waals surface area contributed by atoms with Crippen molar-refractivity contribution in [3.05, 3.63) is 98.7 Å². The predicted octanol–water partition coefficient (Wildman–Crippen LogP) is 5.89. The van der Waals surface area contributed by atoms with Crippen molar-refractivity contribution >= 4 is 45.1 Å². The minimum Gasteiger partial charge on any atom is -0.370 e. The van der Waals surface area contributed by atoms with Crippen LogP contribution in [-0.4, -0.2) is 70.7 Å². The van der Waals surface area contributed by atoms with E-state index in [1.165, 1.54) is 0 Å². The molecule has 0 radical (unpaired) electrons. The molecular weight excluding hydrogens is 756 g/mol. The van der Waals surface area contributed by atoms with Gasteiger partial charge in [0.05, 0.1) is 5.69 Å². The summed E-state index contributed by atoms with van der Waals surface area (Å²) in [5, 5.41) is 10.9. The number of hydrogen-bond acceptors (Lipinski definition) is 9. The Labute approximate surface area is 334 Å². The van der Waals surface area contributed by atoms with Crippen LogP contribution in [0.2, 0.25) is 0 Å². The summed E-state index contributed by atoms with van der Waals surface area (Å²) in [6, 6.07) is 15.6. The summed E-state index contributed by atoms with van der Waals surface area (Å²) in [5.41, 5.74) is 15.0. The summed E-state index contributed by atoms with van der Waals surface area (Å²) >= 11 is 0.760. The number of alkyl halides is 3. The molecule has 6 rings (SSSR count). The first kappa shape index (κ1) is 42.9. The van der Waals surface area contributed by atoms with Crippen LogP contribution in [0, 0.1) is 0 Å². The van der Waals surface area contributed by atoms with E-state index in [9.17, 15) is 22.8 Å². The van der Waals surface area contributed by atoms with Gasteiger partial charge in [-0.15, -0.1) is 11.3 Å². The molecule has 0 unspecified atom stereocenters. The Morgan fingerprint density at radius 1 is 0.947 bits per heavy atom. The van der Waals surface area contributed by atoms with Crippen molar-refractivity contribution in [3.63, 3.8) is 0 Å². The Hall–Kier alpha value is -5.26. The number of carbonyl (C=O) groups is 1. The van der Waals surface area contributed by atoms with E-state index in [-0.39, 0.29) is 27.6 Å². The lowest BCUT2D eigenvalue weighted by molar-refractivity contribution is -0.140. The highest BCUT2D eigenvalue weighted by Crippen LogP contribution is 2.33. The molecule has 0 bridgehead atoms. The number of carbonyl (C=O) groups excluding carboxylic acids is 1. The van der Waals surface area contributed by atoms with Gasteiger partial charge in [0.15, 0.2) is 16.8 Å². The van der Waals surface area contributed by atoms with Gasteiger partial charge < -0.3 is 32.0 Å². The van der Waals surface area contributed by atoms with E-state index >= 15 is 0 Å². The first-order valence-electron chi connectivity index (χ1n) is 18.7. The van der Waals surface area contributed by atoms with E-state index in [1.807, 2.05) is 30.5 Å². The highest BCUT2D eigenvalue weighted by Gasteiger charge is 2.34. The van der Waals surface area contributed by atoms with Crippen molar-refractivity contribution in [2.75, 3.05) is 49.5 Å². The van der Waals surface area contributed by atoms with Crippen LogP contribution >= 0.6 is 11.3 Å². The second-order valence-corrected chi connectivity index (χ2v) is 16.7. The molecule has 1 amide bonds. The Morgan fingerprint density at radius 2 is 1.65 bits per heavy atom. The average Bonchev–Trinajstić information content (AvgIpc) is 3.81. The first-order chi connectivity index (χ1) is 26.8. The van der Waals surface area contributed by atoms with Gasteiger partial charge in [-0.1, -0.05) is 53.7 Å². The molecule has 8 N–H and O–H groups in total. The molecule has 13 nitrogen and oxygen atoms in total. The molecule has 1 aliphatic rings. The number of thiazole rings is 1. The number of aliphatic imine (C=N–C) groups is 1. The summed E-state index contributed by atoms with van der Waals surface area (Å²) in [6.07, 6.45) is -1.82. The third kappa shape index (κ3) is 11.9. The van der Waals surface area contributed by atoms with Gasteiger partial charge in [0.1, 0.15) is 5.65 Å². The largest absolute Gasteiger partial charge is 0.434 e. The number of fused-ring (bicyclic) bond motifs is 1. The molecule has 4 heterocycles. The Morgan fingerprint density at radius 3 is 2.26 bits per heavy atom. The maximum atomic E-state index is 12.7. The summed E-state index contributed by atoms with van der Waals surface area (Å²) in [6.45, 7) is 18.1. The summed E-state index contributed by atoms with van der Waals surface area (Å²) in [5.74, 6) is -0.344. The van der Waals surface area contributed by atoms with Crippen molar-refractivity contribution in [1.29, 1.82) is 0 Å². The monoisotopic (exact) mass is 807 g/mol. The highest BCUT2D eigenvalue weighted by atomic mass is 32.1. The van der Waals surface area contributed by atoms with Crippen LogP contribution in [0.3, 0.4) is 0 Å². The first-order valence-corrected chi connectivity index (χ1v) is 19.6. The lowest BCUT2D eigenvalue weighted by Crippen LogP contribution is -2.43. The number of nitrogens with one attached hydrogen (secondary N) is 4. The van der Waals surface area contributed by atoms with E-state index in [0.29, 0.717) is 17.8 Å². The number of nitrogens with zero attached hydrogens (tertiary/aromatic N) is 5. The number of nitrogens with two attached hydrogens (primary N) is 2. The highest BCUT2D eigenvalue weighted by molar-refractivity contribution is 7.14. The fraction of sp³-hybridized carbons (Fsp3) is 0.425. The molecule has 3 aromatic heterocycles. The SMILES string of the molecule is CC(C)(C)c1cc(C(=O)Nc2nc(C(F)(F)F)cs2)cc(N2CCNCC2)c1.CC(C)(C)c1cc2cn(-c3ccc(CNCCCN=C(N)N)cc3)c(=O)nc2[nH]1. The van der Waals surface area contributed by atoms with Gasteiger partial charge >= 0.3 is 11.9 Å². The molecule has 1 fully saturated rings. The average molecular weight is 808 g/mol. The summed E-state index contributed by atoms with van der Waals surface area (Å²) < 4.78 is 39.8. The van der Waals surface area contributed by atoms with E-state index in [0.717, 1.165) is 96.0 Å². The molecule has 17 heteroatoms. The zero-order valence-electron chi connectivity index (χ0n) is 33.2. The number of rotatable bonds is 10. The van der Waals surface area contributed by atoms with Crippen molar-refractivity contribution in [2.24, 2.45) is 16.5 Å². The van der Waals surface area contributed by atoms with Crippen LogP contribution in [0.25, 0.3) is 16.7 Å². The molecule has 57 heavy (non-hydrogen) atoms. The predicted molar refractivity (Wildman–Crippen MR) is 223 cm³/mol. The molecule has 2 aromatic carbocycles. The molecule has 1 aliphatic heterocycles. The Bertz CT molecular complexity index is 2220. The van der Waals surface area contributed by atoms with Gasteiger partial charge in [-0.2, -0.15) is 18.2 Å². The van der Waals surface area contributed by atoms with E-state index in [4.69, 9.17) is 11.5 Å². The molecular formula is C40H52F3N11O2S. The fourth-order valence-corrected chi connectivity index (χ4v) is 6.63. The van der Waals surface area contributed by atoms with Crippen LogP contribution < -0.4 is 38.0 Å². The molecule has 0 spiro atoms. The van der Waals surface area contributed by atoms with Crippen molar-refractivity contribution in [1.82, 2.24) is 30.2 Å². The third-order valence-corrected chi connectivity index (χ3v) is 9.97. The van der Waals surface area contributed by atoms with Gasteiger partial charge in [-0.05, 0) is 65.9 Å². The van der Waals surface area contributed by atoms with Crippen molar-refractivity contribution in [2.45, 2.75) is 71.5 Å². The van der Waals surface area contributed by atoms with E-state index < -0.39 is 17.8 Å². The minimum absolute atomic E-state index is 0.0352. The fourth-order valence-electron chi connectivity index (χ4n) is 5.91. The molecule has 0 atom stereocenters. The summed E-state index contributed by atoms with van der Waals surface area (Å²) in [7, 11) is 0. The van der Waals surface area contributed by atoms with E-state index in [1.54, 1.807) is 16.7 Å². The number of benzene rings is 2. The number of guanidine groups is 1. The number of H-pyrrole nitrogens is 1. The maximum Gasteiger partial charge on any atom is 0.434 e. The molecule has 1 saturated heterocycles. The Kier molecular flexibility index (Phi) is 13.5. The number of piperazine rings is 1. The number of halogens is 3. The lowest BCUT2D eigenvalue weighted by Gasteiger charge is -2.31. The second kappa shape index (κ2) is 17.9. The van der Waals surface area contributed by atoms with Crippen LogP contribution in [0.1, 0.15) is 80.8 Å². The zero-order chi connectivity index (χ0) is 41.5. The number of amides is 1. The van der Waals surface area contributed by atoms with Gasteiger partial charge in [-0.25, -0.2) is 9.78 Å². The molecule has 0 aliphatic carbocycles. The molecule has 0 saturated carbocycles. The van der Waals surface area contributed by atoms with Crippen LogP contribution in [0.5, 0.6) is 0 Å². The third-order valence-electron chi connectivity index (χ3n) is 9.21. The van der Waals surface area contributed by atoms with Crippen molar-refractivity contribution in [3.8, 4) is 5.69 Å². The normalized spacial score (nSPS) is 13.6. The summed E-state index contributed by atoms with van der Waals surface area (Å²) in [4.78, 5) is 42.3. The number of anilines is 2. The van der Waals surface area contributed by atoms with Gasteiger partial charge in [-0.3, -0.25) is 19.7 Å². The Balaban J connectivity index is 0.000000218. The van der Waals surface area contributed by atoms with Crippen LogP contribution in [0.15, 0.2) is 69.9 Å². The number of hydrogen-bond donors (Lipinski definition) is 6. The van der Waals surface area contributed by atoms with Crippen LogP contribution in [0.4, 0.5) is 24.0 Å². The van der Waals surface area contributed by atoms with Crippen LogP contribution in [-0.2, 0) is 23.6 Å². The quantitative estimate of drug-likeness (QED) is 0.0570. The zero-order valence-corrected chi connectivity index (χ0v) is 34.0. The second-order valence-electron chi connectivity index (χ2n) is 15.9. The maximum absolute atomic E-state index is 12.7. The molecule has 5 aromatic rings. The smallest absolute Gasteiger partial charge is 0.370 e. The topological polar surface area (TPSA) is 184 Å². The van der Waals surface area contributed by atoms with E-state index in [2.05, 4.69) is 94.5 Å². The van der Waals surface area contributed by atoms with Gasteiger partial charge in [0.25, 0.3) is 5.91 Å². The molecule has 306 valence electrons. The standard InChI is InChI=1S/C21H29N7O.C19H23F3N4OS/c1-21(2,3)17-11-15-13-28(20(29)27-18(15)26-17)16-7-5-14(6-8-16)12-24-9-4-10-25-19(22)23;1-18(2,3)13-8-12(9-14(10-13)26-6-4-23-5-7-26)16(27)25-17-24-15(11-28-17)19(20,21)22/h5-8,11,13,24H,4,9-10,12H2,1-3H3,(H4,22,23,25)(H,26,27,29);8-11,23H,4-7H2,1-3H3,(H,24,25,27). The number of aromatic nitrogens is 4.